The highest BCUT2D eigenvalue weighted by molar-refractivity contribution is 7.09. The van der Waals surface area contributed by atoms with Gasteiger partial charge in [0.15, 0.2) is 5.89 Å². The van der Waals surface area contributed by atoms with E-state index in [-0.39, 0.29) is 5.91 Å². The van der Waals surface area contributed by atoms with Gasteiger partial charge in [-0.05, 0) is 24.8 Å². The van der Waals surface area contributed by atoms with Gasteiger partial charge < -0.3 is 9.73 Å². The summed E-state index contributed by atoms with van der Waals surface area (Å²) in [5.74, 6) is 1.55. The molecule has 18 heavy (non-hydrogen) atoms. The number of aryl methyl sites for hydroxylation is 2. The van der Waals surface area contributed by atoms with Gasteiger partial charge in [-0.15, -0.1) is 11.3 Å². The smallest absolute Gasteiger partial charge is 0.220 e. The lowest BCUT2D eigenvalue weighted by Crippen LogP contribution is -2.25. The lowest BCUT2D eigenvalue weighted by atomic mass is 10.2. The molecule has 0 spiro atoms. The maximum atomic E-state index is 11.6. The molecule has 0 aliphatic heterocycles. The number of thiophene rings is 1. The fraction of sp³-hybridized carbons (Fsp3) is 0.385. The van der Waals surface area contributed by atoms with Crippen LogP contribution in [0, 0.1) is 6.92 Å². The van der Waals surface area contributed by atoms with E-state index in [4.69, 9.17) is 4.42 Å². The molecule has 0 radical (unpaired) electrons. The van der Waals surface area contributed by atoms with E-state index in [2.05, 4.69) is 10.3 Å². The molecule has 2 aromatic rings. The molecule has 0 saturated carbocycles. The minimum Gasteiger partial charge on any atom is -0.446 e. The van der Waals surface area contributed by atoms with Crippen LogP contribution < -0.4 is 5.32 Å². The van der Waals surface area contributed by atoms with Crippen LogP contribution in [0.1, 0.15) is 22.9 Å². The van der Waals surface area contributed by atoms with Gasteiger partial charge in [0.05, 0.1) is 6.20 Å². The van der Waals surface area contributed by atoms with Crippen molar-refractivity contribution < 1.29 is 9.21 Å². The summed E-state index contributed by atoms with van der Waals surface area (Å²) >= 11 is 1.68. The molecule has 0 atom stereocenters. The number of carbonyl (C=O) groups excluding carboxylic acids is 1. The van der Waals surface area contributed by atoms with Gasteiger partial charge in [-0.1, -0.05) is 6.07 Å². The number of hydrogen-bond acceptors (Lipinski definition) is 4. The maximum absolute atomic E-state index is 11.6. The average molecular weight is 264 g/mol. The second kappa shape index (κ2) is 6.35. The minimum atomic E-state index is 0.0756. The van der Waals surface area contributed by atoms with Crippen molar-refractivity contribution >= 4 is 17.2 Å². The predicted octanol–water partition coefficient (Wildman–Crippen LogP) is 2.34. The van der Waals surface area contributed by atoms with Crippen LogP contribution in [0.2, 0.25) is 0 Å². The monoisotopic (exact) mass is 264 g/mol. The highest BCUT2D eigenvalue weighted by Crippen LogP contribution is 2.10. The SMILES string of the molecule is Cc1cnc(CCNC(=O)CCc2cccs2)o1. The summed E-state index contributed by atoms with van der Waals surface area (Å²) in [5, 5.41) is 4.89. The highest BCUT2D eigenvalue weighted by atomic mass is 32.1. The molecule has 1 N–H and O–H groups in total. The van der Waals surface area contributed by atoms with Gasteiger partial charge in [-0.25, -0.2) is 4.98 Å². The molecule has 1 amide bonds. The quantitative estimate of drug-likeness (QED) is 0.871. The van der Waals surface area contributed by atoms with Gasteiger partial charge in [0, 0.05) is 24.3 Å². The van der Waals surface area contributed by atoms with Gasteiger partial charge >= 0.3 is 0 Å². The first kappa shape index (κ1) is 12.8. The number of oxazole rings is 1. The zero-order chi connectivity index (χ0) is 12.8. The molecule has 4 nitrogen and oxygen atoms in total. The molecule has 0 saturated heterocycles. The molecule has 0 bridgehead atoms. The fourth-order valence-electron chi connectivity index (χ4n) is 1.61. The largest absolute Gasteiger partial charge is 0.446 e. The first-order chi connectivity index (χ1) is 8.74. The van der Waals surface area contributed by atoms with Gasteiger partial charge in [0.25, 0.3) is 0 Å². The molecule has 2 aromatic heterocycles. The number of rotatable bonds is 6. The summed E-state index contributed by atoms with van der Waals surface area (Å²) < 4.78 is 5.32. The Morgan fingerprint density at radius 1 is 1.50 bits per heavy atom. The fourth-order valence-corrected chi connectivity index (χ4v) is 2.31. The van der Waals surface area contributed by atoms with E-state index in [1.807, 2.05) is 24.4 Å². The summed E-state index contributed by atoms with van der Waals surface area (Å²) in [6.45, 7) is 2.43. The van der Waals surface area contributed by atoms with Crippen LogP contribution in [-0.2, 0) is 17.6 Å². The Balaban J connectivity index is 1.63. The normalized spacial score (nSPS) is 10.5. The van der Waals surface area contributed by atoms with Crippen molar-refractivity contribution in [2.24, 2.45) is 0 Å². The van der Waals surface area contributed by atoms with Crippen LogP contribution in [0.15, 0.2) is 28.1 Å². The van der Waals surface area contributed by atoms with Crippen LogP contribution >= 0.6 is 11.3 Å². The summed E-state index contributed by atoms with van der Waals surface area (Å²) in [4.78, 5) is 16.9. The van der Waals surface area contributed by atoms with Crippen LogP contribution in [0.25, 0.3) is 0 Å². The van der Waals surface area contributed by atoms with Gasteiger partial charge in [-0.3, -0.25) is 4.79 Å². The van der Waals surface area contributed by atoms with Crippen molar-refractivity contribution in [2.75, 3.05) is 6.54 Å². The molecule has 0 aliphatic carbocycles. The zero-order valence-corrected chi connectivity index (χ0v) is 11.1. The summed E-state index contributed by atoms with van der Waals surface area (Å²) in [7, 11) is 0. The van der Waals surface area contributed by atoms with Crippen molar-refractivity contribution in [2.45, 2.75) is 26.2 Å². The first-order valence-corrected chi connectivity index (χ1v) is 6.82. The highest BCUT2D eigenvalue weighted by Gasteiger charge is 2.04. The summed E-state index contributed by atoms with van der Waals surface area (Å²) in [5.41, 5.74) is 0. The number of nitrogens with one attached hydrogen (secondary N) is 1. The van der Waals surface area contributed by atoms with E-state index in [0.29, 0.717) is 25.3 Å². The molecule has 0 aliphatic rings. The third kappa shape index (κ3) is 4.00. The van der Waals surface area contributed by atoms with E-state index >= 15 is 0 Å². The number of amides is 1. The second-order valence-corrected chi connectivity index (χ2v) is 5.08. The van der Waals surface area contributed by atoms with E-state index in [1.54, 1.807) is 17.5 Å². The van der Waals surface area contributed by atoms with Crippen molar-refractivity contribution in [3.63, 3.8) is 0 Å². The molecule has 0 aromatic carbocycles. The van der Waals surface area contributed by atoms with E-state index < -0.39 is 0 Å². The topological polar surface area (TPSA) is 55.1 Å². The van der Waals surface area contributed by atoms with Crippen LogP contribution in [-0.4, -0.2) is 17.4 Å². The summed E-state index contributed by atoms with van der Waals surface area (Å²) in [6, 6.07) is 4.05. The average Bonchev–Trinajstić information content (AvgIpc) is 2.98. The lowest BCUT2D eigenvalue weighted by molar-refractivity contribution is -0.121. The van der Waals surface area contributed by atoms with Crippen molar-refractivity contribution in [3.8, 4) is 0 Å². The molecular formula is C13H16N2O2S. The van der Waals surface area contributed by atoms with Crippen LogP contribution in [0.4, 0.5) is 0 Å². The Labute approximate surface area is 110 Å². The Bertz CT molecular complexity index is 491. The zero-order valence-electron chi connectivity index (χ0n) is 10.3. The van der Waals surface area contributed by atoms with Crippen molar-refractivity contribution in [1.82, 2.24) is 10.3 Å². The molecule has 5 heteroatoms. The standard InChI is InChI=1S/C13H16N2O2S/c1-10-9-15-13(17-10)6-7-14-12(16)5-4-11-3-2-8-18-11/h2-3,8-9H,4-7H2,1H3,(H,14,16). The Morgan fingerprint density at radius 2 is 2.39 bits per heavy atom. The molecular weight excluding hydrogens is 248 g/mol. The molecule has 0 unspecified atom stereocenters. The van der Waals surface area contributed by atoms with E-state index in [1.165, 1.54) is 4.88 Å². The Kier molecular flexibility index (Phi) is 4.52. The number of hydrogen-bond donors (Lipinski definition) is 1. The lowest BCUT2D eigenvalue weighted by Gasteiger charge is -2.02. The van der Waals surface area contributed by atoms with Crippen molar-refractivity contribution in [1.29, 1.82) is 0 Å². The second-order valence-electron chi connectivity index (χ2n) is 4.04. The molecule has 2 heterocycles. The number of aromatic nitrogens is 1. The minimum absolute atomic E-state index is 0.0756. The predicted molar refractivity (Wildman–Crippen MR) is 70.6 cm³/mol. The van der Waals surface area contributed by atoms with E-state index in [0.717, 1.165) is 12.2 Å². The van der Waals surface area contributed by atoms with E-state index in [9.17, 15) is 4.79 Å². The third-order valence-corrected chi connectivity index (χ3v) is 3.44. The molecule has 0 fully saturated rings. The van der Waals surface area contributed by atoms with Gasteiger partial charge in [-0.2, -0.15) is 0 Å². The van der Waals surface area contributed by atoms with Crippen molar-refractivity contribution in [3.05, 3.63) is 40.2 Å². The Morgan fingerprint density at radius 3 is 3.06 bits per heavy atom. The van der Waals surface area contributed by atoms with Gasteiger partial charge in [0.2, 0.25) is 5.91 Å². The van der Waals surface area contributed by atoms with Crippen LogP contribution in [0.5, 0.6) is 0 Å². The third-order valence-electron chi connectivity index (χ3n) is 2.51. The number of nitrogens with zero attached hydrogens (tertiary/aromatic N) is 1. The summed E-state index contributed by atoms with van der Waals surface area (Å²) in [6.07, 6.45) is 3.67. The Hall–Kier alpha value is -1.62. The maximum Gasteiger partial charge on any atom is 0.220 e. The van der Waals surface area contributed by atoms with Crippen LogP contribution in [0.3, 0.4) is 0 Å². The van der Waals surface area contributed by atoms with Gasteiger partial charge in [0.1, 0.15) is 5.76 Å². The molecule has 2 rings (SSSR count). The first-order valence-electron chi connectivity index (χ1n) is 5.94. The molecule has 96 valence electrons. The number of carbonyl (C=O) groups is 1.